The number of nitrogens with one attached hydrogen (secondary N) is 1. The van der Waals surface area contributed by atoms with E-state index in [0.717, 1.165) is 6.42 Å². The predicted molar refractivity (Wildman–Crippen MR) is 137 cm³/mol. The molecule has 1 fully saturated rings. The fourth-order valence-corrected chi connectivity index (χ4v) is 11.1. The van der Waals surface area contributed by atoms with E-state index in [1.165, 1.54) is 42.5 Å². The summed E-state index contributed by atoms with van der Waals surface area (Å²) in [5.74, 6) is 1.11. The molecule has 1 nitrogen and oxygen atoms in total. The van der Waals surface area contributed by atoms with Crippen LogP contribution >= 0.6 is 0 Å². The minimum atomic E-state index is -2.39. The Balaban J connectivity index is 2.01. The maximum absolute atomic E-state index is 4.45. The second kappa shape index (κ2) is 9.71. The minimum Gasteiger partial charge on any atom is -0.324 e. The normalized spacial score (nSPS) is 18.2. The summed E-state index contributed by atoms with van der Waals surface area (Å²) in [6.45, 7) is 9.54. The third-order valence-corrected chi connectivity index (χ3v) is 11.9. The zero-order valence-electron chi connectivity index (χ0n) is 19.8. The largest absolute Gasteiger partial charge is 0.324 e. The van der Waals surface area contributed by atoms with Gasteiger partial charge in [-0.15, -0.1) is 0 Å². The van der Waals surface area contributed by atoms with Gasteiger partial charge in [-0.2, -0.15) is 0 Å². The van der Waals surface area contributed by atoms with Crippen molar-refractivity contribution in [1.82, 2.24) is 4.98 Å². The molecule has 4 rings (SSSR count). The maximum atomic E-state index is 4.45. The lowest BCUT2D eigenvalue weighted by atomic mass is 9.96. The second-order valence-corrected chi connectivity index (χ2v) is 13.5. The van der Waals surface area contributed by atoms with Crippen molar-refractivity contribution < 1.29 is 0 Å². The molecule has 0 spiro atoms. The molecular formula is C29H39NSi. The summed E-state index contributed by atoms with van der Waals surface area (Å²) in [7, 11) is -2.39. The molecule has 0 saturated heterocycles. The summed E-state index contributed by atoms with van der Waals surface area (Å²) in [6, 6.07) is 23.5. The fraction of sp³-hybridized carbons (Fsp3) is 0.448. The van der Waals surface area contributed by atoms with Gasteiger partial charge < -0.3 is 4.98 Å². The summed E-state index contributed by atoms with van der Waals surface area (Å²) in [5, 5.41) is 4.70. The Morgan fingerprint density at radius 3 is 1.77 bits per heavy atom. The summed E-state index contributed by atoms with van der Waals surface area (Å²) >= 11 is 0. The molecule has 2 aromatic rings. The van der Waals surface area contributed by atoms with Crippen molar-refractivity contribution >= 4 is 18.6 Å². The van der Waals surface area contributed by atoms with E-state index in [2.05, 4.69) is 99.4 Å². The Morgan fingerprint density at radius 1 is 0.742 bits per heavy atom. The van der Waals surface area contributed by atoms with Gasteiger partial charge in [-0.1, -0.05) is 119 Å². The first-order chi connectivity index (χ1) is 15.0. The zero-order chi connectivity index (χ0) is 21.8. The van der Waals surface area contributed by atoms with Crippen LogP contribution in [0.3, 0.4) is 0 Å². The van der Waals surface area contributed by atoms with Gasteiger partial charge in [0.15, 0.2) is 0 Å². The molecule has 0 heterocycles. The SMILES string of the molecule is CC(C)C1=CCC(C(C)C)=C1[Si](NC1CCCCC1)(c1ccccc1)c1ccccc1. The van der Waals surface area contributed by atoms with Gasteiger partial charge in [0.25, 0.3) is 0 Å². The van der Waals surface area contributed by atoms with Crippen LogP contribution in [0.2, 0.25) is 0 Å². The highest BCUT2D eigenvalue weighted by molar-refractivity contribution is 7.06. The van der Waals surface area contributed by atoms with Gasteiger partial charge in [0.05, 0.1) is 0 Å². The van der Waals surface area contributed by atoms with Gasteiger partial charge in [-0.25, -0.2) is 0 Å². The monoisotopic (exact) mass is 429 g/mol. The Bertz CT molecular complexity index is 878. The summed E-state index contributed by atoms with van der Waals surface area (Å²) in [4.78, 5) is 4.45. The zero-order valence-corrected chi connectivity index (χ0v) is 20.8. The second-order valence-electron chi connectivity index (χ2n) is 10.0. The molecule has 2 heteroatoms. The first-order valence-corrected chi connectivity index (χ1v) is 14.4. The van der Waals surface area contributed by atoms with Crippen LogP contribution in [0.1, 0.15) is 66.2 Å². The van der Waals surface area contributed by atoms with E-state index in [-0.39, 0.29) is 0 Å². The molecule has 2 aliphatic carbocycles. The average Bonchev–Trinajstić information content (AvgIpc) is 3.26. The highest BCUT2D eigenvalue weighted by atomic mass is 28.3. The fourth-order valence-electron chi connectivity index (χ4n) is 5.74. The summed E-state index contributed by atoms with van der Waals surface area (Å²) in [5.41, 5.74) is 3.25. The first kappa shape index (κ1) is 22.3. The molecule has 164 valence electrons. The minimum absolute atomic E-state index is 0.540. The van der Waals surface area contributed by atoms with Crippen molar-refractivity contribution in [2.45, 2.75) is 72.3 Å². The van der Waals surface area contributed by atoms with E-state index >= 15 is 0 Å². The molecule has 0 unspecified atom stereocenters. The van der Waals surface area contributed by atoms with Gasteiger partial charge in [-0.3, -0.25) is 0 Å². The van der Waals surface area contributed by atoms with Crippen LogP contribution < -0.4 is 15.4 Å². The highest BCUT2D eigenvalue weighted by Crippen LogP contribution is 2.40. The van der Waals surface area contributed by atoms with Gasteiger partial charge in [0, 0.05) is 6.04 Å². The van der Waals surface area contributed by atoms with Gasteiger partial charge in [0.2, 0.25) is 8.24 Å². The van der Waals surface area contributed by atoms with Crippen molar-refractivity contribution in [3.8, 4) is 0 Å². The van der Waals surface area contributed by atoms with Crippen molar-refractivity contribution in [1.29, 1.82) is 0 Å². The van der Waals surface area contributed by atoms with Crippen molar-refractivity contribution in [3.63, 3.8) is 0 Å². The molecule has 31 heavy (non-hydrogen) atoms. The van der Waals surface area contributed by atoms with Crippen LogP contribution in [0.4, 0.5) is 0 Å². The summed E-state index contributed by atoms with van der Waals surface area (Å²) in [6.07, 6.45) is 10.4. The molecule has 2 aliphatic rings. The lowest BCUT2D eigenvalue weighted by Gasteiger charge is -2.42. The molecule has 0 amide bonds. The van der Waals surface area contributed by atoms with Crippen LogP contribution in [-0.2, 0) is 0 Å². The quantitative estimate of drug-likeness (QED) is 0.521. The molecule has 1 N–H and O–H groups in total. The highest BCUT2D eigenvalue weighted by Gasteiger charge is 2.47. The van der Waals surface area contributed by atoms with Gasteiger partial charge in [-0.05, 0) is 52.2 Å². The Labute approximate surface area is 190 Å². The molecule has 0 radical (unpaired) electrons. The number of hydrogen-bond donors (Lipinski definition) is 1. The van der Waals surface area contributed by atoms with E-state index in [1.54, 1.807) is 16.3 Å². The van der Waals surface area contributed by atoms with Crippen LogP contribution in [0.15, 0.2) is 83.1 Å². The number of hydrogen-bond acceptors (Lipinski definition) is 1. The number of rotatable bonds is 7. The standard InChI is InChI=1S/C29H39NSi/c1-22(2)27-20-21-28(23(3)4)29(27)31(25-16-10-6-11-17-25,26-18-12-7-13-19-26)30-24-14-8-5-9-15-24/h6-7,10-13,16-20,22-24,30H,5,8-9,14-15,21H2,1-4H3. The van der Waals surface area contributed by atoms with Crippen molar-refractivity contribution in [2.75, 3.05) is 0 Å². The lowest BCUT2D eigenvalue weighted by Crippen LogP contribution is -2.73. The van der Waals surface area contributed by atoms with Crippen LogP contribution in [0, 0.1) is 11.8 Å². The summed E-state index contributed by atoms with van der Waals surface area (Å²) < 4.78 is 0. The Hall–Kier alpha value is -1.90. The molecule has 0 aliphatic heterocycles. The number of benzene rings is 2. The topological polar surface area (TPSA) is 12.0 Å². The molecular weight excluding hydrogens is 390 g/mol. The third-order valence-electron chi connectivity index (χ3n) is 7.29. The van der Waals surface area contributed by atoms with Crippen molar-refractivity contribution in [2.24, 2.45) is 11.8 Å². The molecule has 0 bridgehead atoms. The smallest absolute Gasteiger partial charge is 0.222 e. The Morgan fingerprint density at radius 2 is 1.29 bits per heavy atom. The van der Waals surface area contributed by atoms with E-state index in [1.807, 2.05) is 0 Å². The van der Waals surface area contributed by atoms with Crippen LogP contribution in [0.5, 0.6) is 0 Å². The van der Waals surface area contributed by atoms with E-state index in [0.29, 0.717) is 17.9 Å². The predicted octanol–water partition coefficient (Wildman–Crippen LogP) is 6.15. The van der Waals surface area contributed by atoms with Crippen LogP contribution in [0.25, 0.3) is 0 Å². The van der Waals surface area contributed by atoms with Gasteiger partial charge in [0.1, 0.15) is 0 Å². The van der Waals surface area contributed by atoms with Crippen molar-refractivity contribution in [3.05, 3.63) is 83.1 Å². The van der Waals surface area contributed by atoms with E-state index in [9.17, 15) is 0 Å². The molecule has 0 atom stereocenters. The molecule has 0 aromatic heterocycles. The van der Waals surface area contributed by atoms with Crippen LogP contribution in [-0.4, -0.2) is 14.3 Å². The average molecular weight is 430 g/mol. The third kappa shape index (κ3) is 4.38. The lowest BCUT2D eigenvalue weighted by molar-refractivity contribution is 0.416. The van der Waals surface area contributed by atoms with E-state index in [4.69, 9.17) is 0 Å². The molecule has 1 saturated carbocycles. The molecule has 2 aromatic carbocycles. The number of allylic oxidation sites excluding steroid dienone is 4. The van der Waals surface area contributed by atoms with Gasteiger partial charge >= 0.3 is 0 Å². The maximum Gasteiger partial charge on any atom is 0.222 e. The first-order valence-electron chi connectivity index (χ1n) is 12.4. The Kier molecular flexibility index (Phi) is 6.98. The van der Waals surface area contributed by atoms with E-state index < -0.39 is 8.24 Å².